The summed E-state index contributed by atoms with van der Waals surface area (Å²) >= 11 is 2.48. The third-order valence-corrected chi connectivity index (χ3v) is 4.63. The molecule has 5 nitrogen and oxygen atoms in total. The number of thioether (sulfide) groups is 2. The molecule has 2 fully saturated rings. The zero-order chi connectivity index (χ0) is 12.6. The first-order valence-electron chi connectivity index (χ1n) is 5.03. The van der Waals surface area contributed by atoms with Gasteiger partial charge in [-0.15, -0.1) is 11.8 Å². The summed E-state index contributed by atoms with van der Waals surface area (Å²) in [5, 5.41) is 10.9. The van der Waals surface area contributed by atoms with Crippen LogP contribution in [-0.4, -0.2) is 39.1 Å². The van der Waals surface area contributed by atoms with Gasteiger partial charge in [-0.25, -0.2) is 0 Å². The fraction of sp³-hybridized carbons (Fsp3) is 0.500. The Morgan fingerprint density at radius 1 is 1.61 bits per heavy atom. The van der Waals surface area contributed by atoms with Crippen molar-refractivity contribution in [2.45, 2.75) is 24.8 Å². The molecule has 2 aliphatic rings. The summed E-state index contributed by atoms with van der Waals surface area (Å²) in [6.07, 6.45) is 2.08. The Morgan fingerprint density at radius 3 is 2.78 bits per heavy atom. The first-order chi connectivity index (χ1) is 8.00. The van der Waals surface area contributed by atoms with Crippen LogP contribution in [0.15, 0.2) is 11.0 Å². The van der Waals surface area contributed by atoms with E-state index >= 15 is 0 Å². The molecule has 0 aromatic carbocycles. The molecule has 0 aromatic rings. The van der Waals surface area contributed by atoms with Gasteiger partial charge in [-0.3, -0.25) is 9.59 Å². The number of hydrogen-bond donors (Lipinski definition) is 0. The monoisotopic (exact) mass is 311 g/mol. The Bertz CT molecular complexity index is 426. The summed E-state index contributed by atoms with van der Waals surface area (Å²) < 4.78 is 0. The quantitative estimate of drug-likeness (QED) is 0.399. The fourth-order valence-electron chi connectivity index (χ4n) is 1.80. The van der Waals surface area contributed by atoms with E-state index in [-0.39, 0.29) is 67.8 Å². The van der Waals surface area contributed by atoms with Crippen molar-refractivity contribution in [3.8, 4) is 0 Å². The fourth-order valence-corrected chi connectivity index (χ4v) is 3.81. The summed E-state index contributed by atoms with van der Waals surface area (Å²) in [6.45, 7) is 1.46. The van der Waals surface area contributed by atoms with Gasteiger partial charge in [-0.2, -0.15) is 0 Å². The molecule has 2 atom stereocenters. The maximum atomic E-state index is 11.3. The number of amides is 1. The van der Waals surface area contributed by atoms with Crippen molar-refractivity contribution in [2.24, 2.45) is 0 Å². The number of β-lactam (4-membered cyclic amide) rings is 1. The molecule has 2 rings (SSSR count). The summed E-state index contributed by atoms with van der Waals surface area (Å²) in [5.41, 5.74) is 0. The van der Waals surface area contributed by atoms with Crippen LogP contribution < -0.4 is 56.5 Å². The van der Waals surface area contributed by atoms with Crippen molar-refractivity contribution in [3.63, 3.8) is 0 Å². The van der Waals surface area contributed by atoms with Crippen molar-refractivity contribution in [1.82, 2.24) is 4.90 Å². The number of rotatable bonds is 3. The summed E-state index contributed by atoms with van der Waals surface area (Å²) in [4.78, 5) is 35.0. The molecule has 0 aliphatic carbocycles. The van der Waals surface area contributed by atoms with Gasteiger partial charge < -0.3 is 14.8 Å². The SMILES string of the molecule is CC(=O)SCC=C1SC2CC(=O)N2C1C(=O)[O-].[K+]. The predicted octanol–water partition coefficient (Wildman–Crippen LogP) is -3.42. The van der Waals surface area contributed by atoms with Crippen molar-refractivity contribution >= 4 is 40.5 Å². The Kier molecular flexibility index (Phi) is 6.43. The zero-order valence-electron chi connectivity index (χ0n) is 10.0. The molecule has 2 aliphatic heterocycles. The summed E-state index contributed by atoms with van der Waals surface area (Å²) in [5.74, 6) is -0.984. The van der Waals surface area contributed by atoms with Crippen molar-refractivity contribution in [2.75, 3.05) is 5.75 Å². The second kappa shape index (κ2) is 6.91. The van der Waals surface area contributed by atoms with Crippen molar-refractivity contribution < 1.29 is 70.9 Å². The molecule has 0 aromatic heterocycles. The Balaban J connectivity index is 0.00000162. The molecule has 2 saturated heterocycles. The molecule has 18 heavy (non-hydrogen) atoms. The number of aliphatic carboxylic acids is 1. The van der Waals surface area contributed by atoms with Crippen LogP contribution in [0, 0.1) is 0 Å². The third kappa shape index (κ3) is 3.41. The van der Waals surface area contributed by atoms with E-state index in [4.69, 9.17) is 0 Å². The van der Waals surface area contributed by atoms with Crippen LogP contribution in [0.2, 0.25) is 0 Å². The number of carboxylic acids is 1. The number of hydrogen-bond acceptors (Lipinski definition) is 6. The van der Waals surface area contributed by atoms with E-state index in [2.05, 4.69) is 0 Å². The van der Waals surface area contributed by atoms with Gasteiger partial charge in [-0.05, 0) is 0 Å². The molecular formula is C10H10KNO4S2. The van der Waals surface area contributed by atoms with Gasteiger partial charge in [0.2, 0.25) is 5.91 Å². The molecule has 2 heterocycles. The van der Waals surface area contributed by atoms with E-state index < -0.39 is 12.0 Å². The van der Waals surface area contributed by atoms with Gasteiger partial charge in [0, 0.05) is 17.6 Å². The van der Waals surface area contributed by atoms with Crippen LogP contribution in [0.3, 0.4) is 0 Å². The van der Waals surface area contributed by atoms with Gasteiger partial charge in [0.15, 0.2) is 5.12 Å². The van der Waals surface area contributed by atoms with E-state index in [0.29, 0.717) is 17.1 Å². The van der Waals surface area contributed by atoms with Crippen molar-refractivity contribution in [1.29, 1.82) is 0 Å². The molecule has 8 heteroatoms. The minimum atomic E-state index is -1.26. The minimum absolute atomic E-state index is 0. The van der Waals surface area contributed by atoms with Crippen molar-refractivity contribution in [3.05, 3.63) is 11.0 Å². The molecule has 0 N–H and O–H groups in total. The molecule has 0 radical (unpaired) electrons. The summed E-state index contributed by atoms with van der Waals surface area (Å²) in [7, 11) is 0. The molecule has 0 saturated carbocycles. The van der Waals surface area contributed by atoms with Crippen LogP contribution >= 0.6 is 23.5 Å². The normalized spacial score (nSPS) is 27.5. The van der Waals surface area contributed by atoms with Crippen LogP contribution in [0.25, 0.3) is 0 Å². The van der Waals surface area contributed by atoms with E-state index in [1.165, 1.54) is 23.6 Å². The zero-order valence-corrected chi connectivity index (χ0v) is 14.8. The molecular weight excluding hydrogens is 301 g/mol. The molecule has 0 bridgehead atoms. The molecule has 92 valence electrons. The Labute approximate surface area is 156 Å². The Morgan fingerprint density at radius 2 is 2.28 bits per heavy atom. The topological polar surface area (TPSA) is 77.5 Å². The number of nitrogens with zero attached hydrogens (tertiary/aromatic N) is 1. The first kappa shape index (κ1) is 16.7. The number of carbonyl (C=O) groups is 3. The van der Waals surface area contributed by atoms with Crippen LogP contribution in [0.5, 0.6) is 0 Å². The van der Waals surface area contributed by atoms with E-state index in [9.17, 15) is 19.5 Å². The molecule has 1 amide bonds. The smallest absolute Gasteiger partial charge is 0.547 e. The van der Waals surface area contributed by atoms with Crippen LogP contribution in [0.4, 0.5) is 0 Å². The maximum Gasteiger partial charge on any atom is 1.00 e. The van der Waals surface area contributed by atoms with Gasteiger partial charge in [-0.1, -0.05) is 17.8 Å². The average Bonchev–Trinajstić information content (AvgIpc) is 2.50. The third-order valence-electron chi connectivity index (χ3n) is 2.56. The first-order valence-corrected chi connectivity index (χ1v) is 6.89. The minimum Gasteiger partial charge on any atom is -0.547 e. The second-order valence-electron chi connectivity index (χ2n) is 3.71. The van der Waals surface area contributed by atoms with Gasteiger partial charge in [0.05, 0.1) is 17.8 Å². The largest absolute Gasteiger partial charge is 1.00 e. The number of carbonyl (C=O) groups excluding carboxylic acids is 3. The molecule has 0 spiro atoms. The van der Waals surface area contributed by atoms with Gasteiger partial charge in [0.25, 0.3) is 0 Å². The molecule has 2 unspecified atom stereocenters. The maximum absolute atomic E-state index is 11.3. The van der Waals surface area contributed by atoms with Gasteiger partial charge >= 0.3 is 51.4 Å². The predicted molar refractivity (Wildman–Crippen MR) is 62.9 cm³/mol. The number of carboxylic acid groups (broad SMARTS) is 1. The van der Waals surface area contributed by atoms with E-state index in [1.54, 1.807) is 6.08 Å². The van der Waals surface area contributed by atoms with Gasteiger partial charge in [0.1, 0.15) is 6.04 Å². The standard InChI is InChI=1S/C10H11NO4S2.K/c1-5(12)16-3-2-6-9(10(14)15)11-7(13)4-8(11)17-6;/h2,8-9H,3-4H2,1H3,(H,14,15);/q;+1/p-1. The Hall–Kier alpha value is 0.686. The van der Waals surface area contributed by atoms with E-state index in [0.717, 1.165) is 11.8 Å². The number of fused-ring (bicyclic) bond motifs is 1. The van der Waals surface area contributed by atoms with E-state index in [1.807, 2.05) is 0 Å². The average molecular weight is 311 g/mol. The second-order valence-corrected chi connectivity index (χ2v) is 6.16. The van der Waals surface area contributed by atoms with Crippen LogP contribution in [0.1, 0.15) is 13.3 Å². The summed E-state index contributed by atoms with van der Waals surface area (Å²) in [6, 6.07) is -0.959. The van der Waals surface area contributed by atoms with Crippen LogP contribution in [-0.2, 0) is 14.4 Å².